The zero-order valence-electron chi connectivity index (χ0n) is 15.1. The maximum atomic E-state index is 12.1. The minimum Gasteiger partial charge on any atom is -0.497 e. The smallest absolute Gasteiger partial charge is 0.315 e. The molecule has 3 rings (SSSR count). The van der Waals surface area contributed by atoms with Crippen LogP contribution in [0, 0.1) is 0 Å². The highest BCUT2D eigenvalue weighted by Crippen LogP contribution is 2.32. The number of fused-ring (bicyclic) bond motifs is 1. The molecule has 1 unspecified atom stereocenters. The van der Waals surface area contributed by atoms with Crippen molar-refractivity contribution in [3.05, 3.63) is 53.6 Å². The van der Waals surface area contributed by atoms with Crippen LogP contribution in [0.2, 0.25) is 0 Å². The van der Waals surface area contributed by atoms with Gasteiger partial charge in [-0.2, -0.15) is 0 Å². The summed E-state index contributed by atoms with van der Waals surface area (Å²) in [4.78, 5) is 12.1. The molecule has 0 aromatic heterocycles. The van der Waals surface area contributed by atoms with Crippen LogP contribution in [0.4, 0.5) is 4.79 Å². The van der Waals surface area contributed by atoms with Crippen LogP contribution in [-0.4, -0.2) is 32.9 Å². The van der Waals surface area contributed by atoms with Crippen LogP contribution in [-0.2, 0) is 6.42 Å². The molecule has 0 saturated heterocycles. The second kappa shape index (κ2) is 8.47. The molecule has 0 saturated carbocycles. The SMILES string of the molecule is COc1ccc(CCNC(=O)NC(C)c2ccc3c(c2)OCCO3)cc1. The molecule has 2 amide bonds. The Labute approximate surface area is 153 Å². The molecule has 6 nitrogen and oxygen atoms in total. The van der Waals surface area contributed by atoms with Gasteiger partial charge >= 0.3 is 6.03 Å². The van der Waals surface area contributed by atoms with Gasteiger partial charge in [0.05, 0.1) is 13.2 Å². The first-order valence-electron chi connectivity index (χ1n) is 8.72. The molecule has 1 atom stereocenters. The molecule has 138 valence electrons. The fourth-order valence-corrected chi connectivity index (χ4v) is 2.77. The van der Waals surface area contributed by atoms with E-state index in [1.165, 1.54) is 0 Å². The zero-order valence-corrected chi connectivity index (χ0v) is 15.1. The van der Waals surface area contributed by atoms with Crippen LogP contribution < -0.4 is 24.8 Å². The van der Waals surface area contributed by atoms with Gasteiger partial charge in [-0.25, -0.2) is 4.79 Å². The molecule has 2 aromatic rings. The third kappa shape index (κ3) is 4.59. The Balaban J connectivity index is 1.46. The van der Waals surface area contributed by atoms with Gasteiger partial charge in [0.25, 0.3) is 0 Å². The lowest BCUT2D eigenvalue weighted by molar-refractivity contribution is 0.171. The number of rotatable bonds is 6. The number of hydrogen-bond donors (Lipinski definition) is 2. The van der Waals surface area contributed by atoms with Gasteiger partial charge in [-0.15, -0.1) is 0 Å². The molecule has 1 aliphatic rings. The van der Waals surface area contributed by atoms with Crippen molar-refractivity contribution in [3.8, 4) is 17.2 Å². The normalized spacial score (nSPS) is 13.6. The Hall–Kier alpha value is -2.89. The molecule has 1 aliphatic heterocycles. The molecule has 0 fully saturated rings. The van der Waals surface area contributed by atoms with E-state index in [-0.39, 0.29) is 12.1 Å². The molecule has 2 N–H and O–H groups in total. The largest absolute Gasteiger partial charge is 0.497 e. The number of amides is 2. The second-order valence-electron chi connectivity index (χ2n) is 6.12. The first-order valence-corrected chi connectivity index (χ1v) is 8.72. The summed E-state index contributed by atoms with van der Waals surface area (Å²) in [6.07, 6.45) is 0.760. The van der Waals surface area contributed by atoms with Crippen molar-refractivity contribution in [2.24, 2.45) is 0 Å². The monoisotopic (exact) mass is 356 g/mol. The quantitative estimate of drug-likeness (QED) is 0.835. The van der Waals surface area contributed by atoms with E-state index in [9.17, 15) is 4.79 Å². The van der Waals surface area contributed by atoms with E-state index in [2.05, 4.69) is 10.6 Å². The number of ether oxygens (including phenoxy) is 3. The number of hydrogen-bond acceptors (Lipinski definition) is 4. The average Bonchev–Trinajstić information content (AvgIpc) is 2.68. The minimum absolute atomic E-state index is 0.133. The standard InChI is InChI=1S/C20H24N2O4/c1-14(16-5-8-18-19(13-16)26-12-11-25-18)22-20(23)21-10-9-15-3-6-17(24-2)7-4-15/h3-8,13-14H,9-12H2,1-2H3,(H2,21,22,23). The summed E-state index contributed by atoms with van der Waals surface area (Å²) in [5, 5.41) is 5.83. The highest BCUT2D eigenvalue weighted by molar-refractivity contribution is 5.74. The van der Waals surface area contributed by atoms with E-state index in [1.807, 2.05) is 49.4 Å². The molecule has 0 radical (unpaired) electrons. The minimum atomic E-state index is -0.194. The lowest BCUT2D eigenvalue weighted by Crippen LogP contribution is -2.38. The average molecular weight is 356 g/mol. The van der Waals surface area contributed by atoms with E-state index < -0.39 is 0 Å². The lowest BCUT2D eigenvalue weighted by atomic mass is 10.1. The fraction of sp³-hybridized carbons (Fsp3) is 0.350. The molecule has 26 heavy (non-hydrogen) atoms. The number of nitrogens with one attached hydrogen (secondary N) is 2. The van der Waals surface area contributed by atoms with Crippen LogP contribution in [0.3, 0.4) is 0 Å². The summed E-state index contributed by atoms with van der Waals surface area (Å²) in [5.74, 6) is 2.30. The fourth-order valence-electron chi connectivity index (χ4n) is 2.77. The van der Waals surface area contributed by atoms with Crippen LogP contribution in [0.15, 0.2) is 42.5 Å². The summed E-state index contributed by atoms with van der Waals surface area (Å²) in [5.41, 5.74) is 2.12. The van der Waals surface area contributed by atoms with Crippen molar-refractivity contribution in [1.82, 2.24) is 10.6 Å². The van der Waals surface area contributed by atoms with Crippen LogP contribution >= 0.6 is 0 Å². The van der Waals surface area contributed by atoms with Gasteiger partial charge in [-0.1, -0.05) is 18.2 Å². The third-order valence-corrected chi connectivity index (χ3v) is 4.27. The Morgan fingerprint density at radius 3 is 2.58 bits per heavy atom. The van der Waals surface area contributed by atoms with Gasteiger partial charge in [0.2, 0.25) is 0 Å². The van der Waals surface area contributed by atoms with Gasteiger partial charge in [0, 0.05) is 6.54 Å². The zero-order chi connectivity index (χ0) is 18.4. The summed E-state index contributed by atoms with van der Waals surface area (Å²) in [6, 6.07) is 13.2. The predicted octanol–water partition coefficient (Wildman–Crippen LogP) is 3.07. The number of urea groups is 1. The van der Waals surface area contributed by atoms with E-state index in [0.717, 1.165) is 34.8 Å². The van der Waals surface area contributed by atoms with E-state index >= 15 is 0 Å². The maximum absolute atomic E-state index is 12.1. The molecule has 0 spiro atoms. The maximum Gasteiger partial charge on any atom is 0.315 e. The van der Waals surface area contributed by atoms with Gasteiger partial charge in [0.15, 0.2) is 11.5 Å². The van der Waals surface area contributed by atoms with Crippen molar-refractivity contribution in [1.29, 1.82) is 0 Å². The third-order valence-electron chi connectivity index (χ3n) is 4.27. The Bertz CT molecular complexity index is 746. The molecule has 0 bridgehead atoms. The molecule has 0 aliphatic carbocycles. The van der Waals surface area contributed by atoms with Gasteiger partial charge in [-0.3, -0.25) is 0 Å². The van der Waals surface area contributed by atoms with Crippen LogP contribution in [0.1, 0.15) is 24.1 Å². The second-order valence-corrected chi connectivity index (χ2v) is 6.12. The molecular formula is C20H24N2O4. The van der Waals surface area contributed by atoms with Crippen molar-refractivity contribution >= 4 is 6.03 Å². The number of methoxy groups -OCH3 is 1. The Morgan fingerprint density at radius 2 is 1.85 bits per heavy atom. The molecule has 1 heterocycles. The van der Waals surface area contributed by atoms with Crippen molar-refractivity contribution in [2.75, 3.05) is 26.9 Å². The van der Waals surface area contributed by atoms with Gasteiger partial charge in [0.1, 0.15) is 19.0 Å². The topological polar surface area (TPSA) is 68.8 Å². The summed E-state index contributed by atoms with van der Waals surface area (Å²) < 4.78 is 16.2. The van der Waals surface area contributed by atoms with E-state index in [4.69, 9.17) is 14.2 Å². The van der Waals surface area contributed by atoms with E-state index in [1.54, 1.807) is 7.11 Å². The molecule has 6 heteroatoms. The molecular weight excluding hydrogens is 332 g/mol. The van der Waals surface area contributed by atoms with Crippen molar-refractivity contribution < 1.29 is 19.0 Å². The number of carbonyl (C=O) groups is 1. The van der Waals surface area contributed by atoms with Gasteiger partial charge < -0.3 is 24.8 Å². The van der Waals surface area contributed by atoms with Crippen molar-refractivity contribution in [3.63, 3.8) is 0 Å². The van der Waals surface area contributed by atoms with Crippen LogP contribution in [0.5, 0.6) is 17.2 Å². The lowest BCUT2D eigenvalue weighted by Gasteiger charge is -2.21. The van der Waals surface area contributed by atoms with Crippen molar-refractivity contribution in [2.45, 2.75) is 19.4 Å². The highest BCUT2D eigenvalue weighted by Gasteiger charge is 2.15. The molecule has 2 aromatic carbocycles. The summed E-state index contributed by atoms with van der Waals surface area (Å²) in [6.45, 7) is 3.61. The van der Waals surface area contributed by atoms with Gasteiger partial charge in [-0.05, 0) is 48.7 Å². The predicted molar refractivity (Wildman–Crippen MR) is 99.1 cm³/mol. The Kier molecular flexibility index (Phi) is 5.84. The van der Waals surface area contributed by atoms with E-state index in [0.29, 0.717) is 19.8 Å². The number of carbonyl (C=O) groups excluding carboxylic acids is 1. The highest BCUT2D eigenvalue weighted by atomic mass is 16.6. The first kappa shape index (κ1) is 17.9. The summed E-state index contributed by atoms with van der Waals surface area (Å²) >= 11 is 0. The Morgan fingerprint density at radius 1 is 1.12 bits per heavy atom. The summed E-state index contributed by atoms with van der Waals surface area (Å²) in [7, 11) is 1.64. The van der Waals surface area contributed by atoms with Crippen LogP contribution in [0.25, 0.3) is 0 Å². The number of benzene rings is 2. The first-order chi connectivity index (χ1) is 12.7.